The van der Waals surface area contributed by atoms with Crippen LogP contribution >= 0.6 is 0 Å². The Labute approximate surface area is 162 Å². The second kappa shape index (κ2) is 9.20. The Morgan fingerprint density at radius 3 is 2.36 bits per heavy atom. The molecule has 1 heterocycles. The van der Waals surface area contributed by atoms with Gasteiger partial charge in [0, 0.05) is 6.07 Å². The molecule has 1 N–H and O–H groups in total. The number of esters is 1. The molecule has 1 unspecified atom stereocenters. The normalized spacial score (nSPS) is 11.9. The van der Waals surface area contributed by atoms with Gasteiger partial charge in [0.1, 0.15) is 12.6 Å². The first-order chi connectivity index (χ1) is 13.3. The molecule has 0 saturated carbocycles. The average Bonchev–Trinajstić information content (AvgIpc) is 2.67. The standard InChI is InChI=1S/C19H25N3O6/c1-11(2)6-14(19(25)28-5)21-17(23)9-22-10-20-13-8-16(27-4)15(26-3)7-12(13)18(22)24/h7-8,10-11,14H,6,9H2,1-5H3,(H,21,23). The maximum atomic E-state index is 12.7. The number of benzene rings is 1. The molecular weight excluding hydrogens is 366 g/mol. The van der Waals surface area contributed by atoms with E-state index in [0.29, 0.717) is 28.8 Å². The highest BCUT2D eigenvalue weighted by molar-refractivity contribution is 5.85. The van der Waals surface area contributed by atoms with E-state index in [2.05, 4.69) is 10.3 Å². The lowest BCUT2D eigenvalue weighted by atomic mass is 10.0. The van der Waals surface area contributed by atoms with E-state index in [1.54, 1.807) is 6.07 Å². The summed E-state index contributed by atoms with van der Waals surface area (Å²) in [5, 5.41) is 2.91. The van der Waals surface area contributed by atoms with Crippen LogP contribution in [0, 0.1) is 5.92 Å². The zero-order valence-corrected chi connectivity index (χ0v) is 16.6. The average molecular weight is 391 g/mol. The first kappa shape index (κ1) is 21.2. The van der Waals surface area contributed by atoms with Gasteiger partial charge in [0.25, 0.3) is 5.56 Å². The summed E-state index contributed by atoms with van der Waals surface area (Å²) in [5.41, 5.74) is 0.0196. The monoisotopic (exact) mass is 391 g/mol. The van der Waals surface area contributed by atoms with Crippen LogP contribution in [-0.4, -0.2) is 48.8 Å². The second-order valence-corrected chi connectivity index (χ2v) is 6.67. The molecular formula is C19H25N3O6. The van der Waals surface area contributed by atoms with Crippen molar-refractivity contribution in [3.63, 3.8) is 0 Å². The number of fused-ring (bicyclic) bond motifs is 1. The van der Waals surface area contributed by atoms with Crippen molar-refractivity contribution < 1.29 is 23.8 Å². The Kier molecular flexibility index (Phi) is 6.97. The van der Waals surface area contributed by atoms with Crippen LogP contribution in [0.3, 0.4) is 0 Å². The number of carbonyl (C=O) groups is 2. The number of aromatic nitrogens is 2. The van der Waals surface area contributed by atoms with Crippen LogP contribution in [0.4, 0.5) is 0 Å². The number of methoxy groups -OCH3 is 3. The molecule has 9 heteroatoms. The summed E-state index contributed by atoms with van der Waals surface area (Å²) < 4.78 is 16.3. The molecule has 28 heavy (non-hydrogen) atoms. The lowest BCUT2D eigenvalue weighted by molar-refractivity contribution is -0.145. The fourth-order valence-electron chi connectivity index (χ4n) is 2.82. The molecule has 0 aliphatic heterocycles. The fourth-order valence-corrected chi connectivity index (χ4v) is 2.82. The van der Waals surface area contributed by atoms with Gasteiger partial charge in [0.2, 0.25) is 5.91 Å². The highest BCUT2D eigenvalue weighted by Crippen LogP contribution is 2.29. The second-order valence-electron chi connectivity index (χ2n) is 6.67. The Balaban J connectivity index is 2.27. The van der Waals surface area contributed by atoms with Crippen LogP contribution < -0.4 is 20.3 Å². The van der Waals surface area contributed by atoms with E-state index in [1.165, 1.54) is 38.3 Å². The SMILES string of the molecule is COC(=O)C(CC(C)C)NC(=O)Cn1cnc2cc(OC)c(OC)cc2c1=O. The van der Waals surface area contributed by atoms with Gasteiger partial charge in [-0.25, -0.2) is 9.78 Å². The quantitative estimate of drug-likeness (QED) is 0.672. The third-order valence-electron chi connectivity index (χ3n) is 4.17. The van der Waals surface area contributed by atoms with Crippen LogP contribution in [0.15, 0.2) is 23.3 Å². The molecule has 1 atom stereocenters. The van der Waals surface area contributed by atoms with E-state index < -0.39 is 23.5 Å². The van der Waals surface area contributed by atoms with Crippen molar-refractivity contribution in [1.29, 1.82) is 0 Å². The summed E-state index contributed by atoms with van der Waals surface area (Å²) in [6, 6.07) is 2.34. The van der Waals surface area contributed by atoms with Gasteiger partial charge in [0.05, 0.1) is 38.6 Å². The summed E-state index contributed by atoms with van der Waals surface area (Å²) in [6.45, 7) is 3.59. The van der Waals surface area contributed by atoms with Crippen LogP contribution in [-0.2, 0) is 20.9 Å². The van der Waals surface area contributed by atoms with Crippen LogP contribution in [0.1, 0.15) is 20.3 Å². The van der Waals surface area contributed by atoms with Crippen LogP contribution in [0.2, 0.25) is 0 Å². The Bertz CT molecular complexity index is 922. The van der Waals surface area contributed by atoms with Gasteiger partial charge in [-0.15, -0.1) is 0 Å². The number of nitrogens with zero attached hydrogens (tertiary/aromatic N) is 2. The lowest BCUT2D eigenvalue weighted by Gasteiger charge is -2.18. The van der Waals surface area contributed by atoms with Gasteiger partial charge in [-0.3, -0.25) is 14.2 Å². The van der Waals surface area contributed by atoms with E-state index in [9.17, 15) is 14.4 Å². The number of hydrogen-bond donors (Lipinski definition) is 1. The predicted octanol–water partition coefficient (Wildman–Crippen LogP) is 1.12. The summed E-state index contributed by atoms with van der Waals surface area (Å²) in [6.07, 6.45) is 1.71. The molecule has 152 valence electrons. The van der Waals surface area contributed by atoms with Gasteiger partial charge < -0.3 is 19.5 Å². The minimum atomic E-state index is -0.772. The van der Waals surface area contributed by atoms with Crippen molar-refractivity contribution in [1.82, 2.24) is 14.9 Å². The maximum Gasteiger partial charge on any atom is 0.328 e. The number of rotatable bonds is 8. The first-order valence-corrected chi connectivity index (χ1v) is 8.79. The van der Waals surface area contributed by atoms with Crippen molar-refractivity contribution in [2.45, 2.75) is 32.9 Å². The molecule has 1 amide bonds. The lowest BCUT2D eigenvalue weighted by Crippen LogP contribution is -2.44. The number of hydrogen-bond acceptors (Lipinski definition) is 7. The number of amides is 1. The highest BCUT2D eigenvalue weighted by Gasteiger charge is 2.23. The molecule has 1 aromatic heterocycles. The van der Waals surface area contributed by atoms with E-state index in [0.717, 1.165) is 0 Å². The summed E-state index contributed by atoms with van der Waals surface area (Å²) in [4.78, 5) is 41.2. The molecule has 2 rings (SSSR count). The maximum absolute atomic E-state index is 12.7. The van der Waals surface area contributed by atoms with E-state index in [4.69, 9.17) is 14.2 Å². The van der Waals surface area contributed by atoms with Gasteiger partial charge in [-0.05, 0) is 18.4 Å². The van der Waals surface area contributed by atoms with Gasteiger partial charge in [-0.1, -0.05) is 13.8 Å². The van der Waals surface area contributed by atoms with Gasteiger partial charge in [0.15, 0.2) is 11.5 Å². The molecule has 0 spiro atoms. The van der Waals surface area contributed by atoms with E-state index in [-0.39, 0.29) is 12.5 Å². The van der Waals surface area contributed by atoms with Gasteiger partial charge >= 0.3 is 5.97 Å². The molecule has 0 aliphatic rings. The van der Waals surface area contributed by atoms with Gasteiger partial charge in [-0.2, -0.15) is 0 Å². The molecule has 0 bridgehead atoms. The summed E-state index contributed by atoms with van der Waals surface area (Å²) in [5.74, 6) is 0.00494. The number of ether oxygens (including phenoxy) is 3. The minimum Gasteiger partial charge on any atom is -0.493 e. The van der Waals surface area contributed by atoms with Crippen LogP contribution in [0.5, 0.6) is 11.5 Å². The molecule has 0 saturated heterocycles. The van der Waals surface area contributed by atoms with Crippen molar-refractivity contribution in [2.75, 3.05) is 21.3 Å². The molecule has 0 radical (unpaired) electrons. The number of carbonyl (C=O) groups excluding carboxylic acids is 2. The van der Waals surface area contributed by atoms with Crippen molar-refractivity contribution in [2.24, 2.45) is 5.92 Å². The molecule has 0 fully saturated rings. The molecule has 1 aromatic carbocycles. The first-order valence-electron chi connectivity index (χ1n) is 8.79. The largest absolute Gasteiger partial charge is 0.493 e. The minimum absolute atomic E-state index is 0.178. The third kappa shape index (κ3) is 4.79. The zero-order valence-electron chi connectivity index (χ0n) is 16.6. The van der Waals surface area contributed by atoms with Crippen molar-refractivity contribution in [3.8, 4) is 11.5 Å². The van der Waals surface area contributed by atoms with Crippen molar-refractivity contribution >= 4 is 22.8 Å². The predicted molar refractivity (Wildman–Crippen MR) is 103 cm³/mol. The summed E-state index contributed by atoms with van der Waals surface area (Å²) in [7, 11) is 4.22. The third-order valence-corrected chi connectivity index (χ3v) is 4.17. The number of nitrogens with one attached hydrogen (secondary N) is 1. The highest BCUT2D eigenvalue weighted by atomic mass is 16.5. The summed E-state index contributed by atoms with van der Waals surface area (Å²) >= 11 is 0. The topological polar surface area (TPSA) is 109 Å². The zero-order chi connectivity index (χ0) is 20.8. The van der Waals surface area contributed by atoms with E-state index >= 15 is 0 Å². The Hall–Kier alpha value is -3.10. The smallest absolute Gasteiger partial charge is 0.328 e. The Morgan fingerprint density at radius 1 is 1.14 bits per heavy atom. The molecule has 2 aromatic rings. The van der Waals surface area contributed by atoms with Crippen LogP contribution in [0.25, 0.3) is 10.9 Å². The van der Waals surface area contributed by atoms with E-state index in [1.807, 2.05) is 13.8 Å². The molecule has 0 aliphatic carbocycles. The molecule has 9 nitrogen and oxygen atoms in total. The Morgan fingerprint density at radius 2 is 1.79 bits per heavy atom. The fraction of sp³-hybridized carbons (Fsp3) is 0.474. The van der Waals surface area contributed by atoms with Crippen molar-refractivity contribution in [3.05, 3.63) is 28.8 Å².